The average Bonchev–Trinajstić information content (AvgIpc) is 3.73. The summed E-state index contributed by atoms with van der Waals surface area (Å²) in [5.74, 6) is 0.762. The van der Waals surface area contributed by atoms with E-state index in [2.05, 4.69) is 119 Å². The van der Waals surface area contributed by atoms with Crippen LogP contribution in [0.15, 0.2) is 180 Å². The quantitative estimate of drug-likeness (QED) is 0.157. The molecule has 0 aliphatic carbocycles. The Balaban J connectivity index is 1.48. The molecule has 2 aliphatic rings. The van der Waals surface area contributed by atoms with Gasteiger partial charge < -0.3 is 0 Å². The number of hydrogen-bond donors (Lipinski definition) is 0. The number of halogens is 2. The summed E-state index contributed by atoms with van der Waals surface area (Å²) < 4.78 is 2.31. The molecule has 0 aromatic heterocycles. The number of hydrazone groups is 1. The fourth-order valence-corrected chi connectivity index (χ4v) is 7.19. The maximum Gasteiger partial charge on any atom is 0.303 e. The first-order chi connectivity index (χ1) is 23.7. The molecule has 232 valence electrons. The normalized spacial score (nSPS) is 19.0. The van der Waals surface area contributed by atoms with Gasteiger partial charge in [0.2, 0.25) is 0 Å². The topological polar surface area (TPSA) is 31.0 Å². The van der Waals surface area contributed by atoms with Gasteiger partial charge in [-0.1, -0.05) is 161 Å². The predicted octanol–water partition coefficient (Wildman–Crippen LogP) is 10.2. The fourth-order valence-electron chi connectivity index (χ4n) is 6.73. The molecule has 8 rings (SSSR count). The van der Waals surface area contributed by atoms with Gasteiger partial charge >= 0.3 is 6.17 Å². The molecule has 6 aromatic carbocycles. The van der Waals surface area contributed by atoms with Crippen LogP contribution in [0.2, 0.25) is 10.0 Å². The van der Waals surface area contributed by atoms with E-state index in [1.807, 2.05) is 60.7 Å². The van der Waals surface area contributed by atoms with Crippen LogP contribution in [0.5, 0.6) is 0 Å². The van der Waals surface area contributed by atoms with Crippen molar-refractivity contribution in [1.29, 1.82) is 0 Å². The van der Waals surface area contributed by atoms with E-state index in [4.69, 9.17) is 33.2 Å². The molecule has 0 bridgehead atoms. The van der Waals surface area contributed by atoms with Crippen molar-refractivity contribution in [3.8, 4) is 0 Å². The van der Waals surface area contributed by atoms with E-state index in [1.54, 1.807) is 0 Å². The van der Waals surface area contributed by atoms with Gasteiger partial charge in [0.1, 0.15) is 17.8 Å². The van der Waals surface area contributed by atoms with Gasteiger partial charge in [-0.15, -0.1) is 5.01 Å². The van der Waals surface area contributed by atoms with E-state index >= 15 is 0 Å². The van der Waals surface area contributed by atoms with E-state index in [0.717, 1.165) is 50.6 Å². The van der Waals surface area contributed by atoms with Crippen LogP contribution in [0, 0.1) is 0 Å². The summed E-state index contributed by atoms with van der Waals surface area (Å²) in [4.78, 5) is 11.1. The molecule has 3 unspecified atom stereocenters. The standard InChI is InChI=1S/C42H31Cl2N4/c43-35-27-15-13-25-33(35)41-45-37(29-17-5-1-6-18-29)39(31-21-9-3-10-22-31)47(41)48-40(32-23-11-4-12-24-32)38(30-19-7-2-8-20-30)46-42(48)34-26-14-16-28-36(34)44/h1-28,37,39,42H/q+1. The molecule has 2 aliphatic heterocycles. The number of nitrogens with zero attached hydrogens (tertiary/aromatic N) is 4. The Bertz CT molecular complexity index is 2160. The molecule has 0 fully saturated rings. The lowest BCUT2D eigenvalue weighted by atomic mass is 9.94. The second kappa shape index (κ2) is 13.1. The van der Waals surface area contributed by atoms with E-state index in [-0.39, 0.29) is 12.1 Å². The van der Waals surface area contributed by atoms with Crippen molar-refractivity contribution in [3.05, 3.63) is 213 Å². The average molecular weight is 663 g/mol. The first-order valence-corrected chi connectivity index (χ1v) is 16.8. The van der Waals surface area contributed by atoms with Crippen molar-refractivity contribution in [2.75, 3.05) is 0 Å². The summed E-state index contributed by atoms with van der Waals surface area (Å²) in [6.07, 6.45) is -0.502. The summed E-state index contributed by atoms with van der Waals surface area (Å²) >= 11 is 14.1. The van der Waals surface area contributed by atoms with Gasteiger partial charge in [0, 0.05) is 11.1 Å². The predicted molar refractivity (Wildman–Crippen MR) is 196 cm³/mol. The maximum absolute atomic E-state index is 7.05. The van der Waals surface area contributed by atoms with Crippen LogP contribution in [-0.4, -0.2) is 27.0 Å². The van der Waals surface area contributed by atoms with Gasteiger partial charge in [0.15, 0.2) is 5.84 Å². The van der Waals surface area contributed by atoms with Gasteiger partial charge in [-0.3, -0.25) is 4.99 Å². The molecule has 3 atom stereocenters. The molecular formula is C42H31Cl2N4+. The maximum atomic E-state index is 7.05. The van der Waals surface area contributed by atoms with Crippen molar-refractivity contribution < 1.29 is 4.68 Å². The molecule has 0 radical (unpaired) electrons. The minimum Gasteiger partial charge on any atom is -0.252 e. The zero-order valence-electron chi connectivity index (χ0n) is 25.9. The first kappa shape index (κ1) is 30.1. The number of hydrogen-bond acceptors (Lipinski definition) is 3. The highest BCUT2D eigenvalue weighted by Gasteiger charge is 2.52. The monoisotopic (exact) mass is 661 g/mol. The number of hydrazine groups is 1. The molecule has 6 heteroatoms. The summed E-state index contributed by atoms with van der Waals surface area (Å²) in [6, 6.07) is 57.4. The van der Waals surface area contributed by atoms with Crippen molar-refractivity contribution >= 4 is 40.5 Å². The van der Waals surface area contributed by atoms with Gasteiger partial charge in [0.05, 0.1) is 21.2 Å². The van der Waals surface area contributed by atoms with Crippen LogP contribution < -0.4 is 0 Å². The highest BCUT2D eigenvalue weighted by molar-refractivity contribution is 6.52. The van der Waals surface area contributed by atoms with Gasteiger partial charge in [-0.2, -0.15) is 0 Å². The number of rotatable bonds is 7. The van der Waals surface area contributed by atoms with Crippen LogP contribution in [0.1, 0.15) is 51.6 Å². The van der Waals surface area contributed by atoms with E-state index < -0.39 is 6.17 Å². The van der Waals surface area contributed by atoms with Crippen LogP contribution in [0.4, 0.5) is 0 Å². The third-order valence-electron chi connectivity index (χ3n) is 8.88. The smallest absolute Gasteiger partial charge is 0.252 e. The molecule has 6 aromatic rings. The second-order valence-electron chi connectivity index (χ2n) is 11.8. The summed E-state index contributed by atoms with van der Waals surface area (Å²) in [5.41, 5.74) is 7.85. The zero-order chi connectivity index (χ0) is 32.5. The minimum absolute atomic E-state index is 0.242. The lowest BCUT2D eigenvalue weighted by molar-refractivity contribution is -0.703. The molecule has 0 amide bonds. The minimum atomic E-state index is -0.502. The molecule has 0 spiro atoms. The van der Waals surface area contributed by atoms with Crippen LogP contribution in [0.3, 0.4) is 0 Å². The van der Waals surface area contributed by atoms with E-state index in [1.165, 1.54) is 0 Å². The summed E-state index contributed by atoms with van der Waals surface area (Å²) in [5, 5.41) is 3.59. The van der Waals surface area contributed by atoms with Crippen molar-refractivity contribution in [3.63, 3.8) is 0 Å². The lowest BCUT2D eigenvalue weighted by Crippen LogP contribution is -2.45. The highest BCUT2D eigenvalue weighted by atomic mass is 35.5. The molecule has 0 N–H and O–H groups in total. The first-order valence-electron chi connectivity index (χ1n) is 16.0. The van der Waals surface area contributed by atoms with Crippen LogP contribution in [0.25, 0.3) is 0 Å². The Hall–Kier alpha value is -5.29. The van der Waals surface area contributed by atoms with Gasteiger partial charge in [0.25, 0.3) is 5.71 Å². The lowest BCUT2D eigenvalue weighted by Gasteiger charge is -2.29. The molecule has 0 saturated carbocycles. The summed E-state index contributed by atoms with van der Waals surface area (Å²) in [7, 11) is 0. The molecule has 48 heavy (non-hydrogen) atoms. The molecular weight excluding hydrogens is 631 g/mol. The molecule has 0 saturated heterocycles. The largest absolute Gasteiger partial charge is 0.303 e. The Morgan fingerprint density at radius 1 is 0.500 bits per heavy atom. The van der Waals surface area contributed by atoms with E-state index in [9.17, 15) is 0 Å². The molecule has 2 heterocycles. The van der Waals surface area contributed by atoms with E-state index in [0.29, 0.717) is 10.0 Å². The Morgan fingerprint density at radius 2 is 1.02 bits per heavy atom. The highest BCUT2D eigenvalue weighted by Crippen LogP contribution is 2.47. The van der Waals surface area contributed by atoms with Crippen molar-refractivity contribution in [1.82, 2.24) is 5.01 Å². The fraction of sp³-hybridized carbons (Fsp3) is 0.0714. The third kappa shape index (κ3) is 5.43. The number of benzene rings is 6. The SMILES string of the molecule is Clc1ccccc1C1=NC(c2ccccc2)C(c2ccccc2)N1[N+]1=C(c2ccccc2)C(c2ccccc2)=NC1c1ccccc1Cl. The number of amidine groups is 1. The Morgan fingerprint density at radius 3 is 1.65 bits per heavy atom. The van der Waals surface area contributed by atoms with Gasteiger partial charge in [-0.05, 0) is 47.5 Å². The van der Waals surface area contributed by atoms with Crippen LogP contribution in [-0.2, 0) is 0 Å². The second-order valence-corrected chi connectivity index (χ2v) is 12.6. The van der Waals surface area contributed by atoms with Crippen molar-refractivity contribution in [2.24, 2.45) is 9.98 Å². The van der Waals surface area contributed by atoms with Crippen LogP contribution >= 0.6 is 23.2 Å². The van der Waals surface area contributed by atoms with Crippen molar-refractivity contribution in [2.45, 2.75) is 18.2 Å². The summed E-state index contributed by atoms with van der Waals surface area (Å²) in [6.45, 7) is 0. The zero-order valence-corrected chi connectivity index (χ0v) is 27.5. The Labute approximate surface area is 290 Å². The molecule has 4 nitrogen and oxygen atoms in total. The number of aliphatic imine (C=N–C) groups is 2. The third-order valence-corrected chi connectivity index (χ3v) is 9.56. The Kier molecular flexibility index (Phi) is 8.19. The van der Waals surface area contributed by atoms with Gasteiger partial charge in [-0.25, -0.2) is 4.99 Å².